The molecular weight excluding hydrogens is 439 g/mol. The molecule has 0 spiro atoms. The van der Waals surface area contributed by atoms with Crippen LogP contribution in [0, 0.1) is 0 Å². The second-order valence-corrected chi connectivity index (χ2v) is 8.51. The maximum absolute atomic E-state index is 12.6. The number of nitrogens with one attached hydrogen (secondary N) is 2. The van der Waals surface area contributed by atoms with Gasteiger partial charge in [-0.05, 0) is 41.5 Å². The minimum Gasteiger partial charge on any atom is -0.326 e. The fraction of sp³-hybridized carbons (Fsp3) is 0.130. The Morgan fingerprint density at radius 1 is 0.900 bits per heavy atom. The third-order valence-electron chi connectivity index (χ3n) is 4.22. The first-order valence-corrected chi connectivity index (χ1v) is 11.0. The van der Waals surface area contributed by atoms with Crippen molar-refractivity contribution in [3.05, 3.63) is 94.0 Å². The van der Waals surface area contributed by atoms with Crippen LogP contribution < -0.4 is 10.6 Å². The molecule has 0 aromatic heterocycles. The summed E-state index contributed by atoms with van der Waals surface area (Å²) in [6, 6.07) is 22.6. The molecule has 0 bridgehead atoms. The molecule has 2 amide bonds. The van der Waals surface area contributed by atoms with Crippen molar-refractivity contribution >= 4 is 58.2 Å². The molecule has 154 valence electrons. The first-order chi connectivity index (χ1) is 14.4. The summed E-state index contributed by atoms with van der Waals surface area (Å²) >= 11 is 13.7. The largest absolute Gasteiger partial charge is 0.326 e. The summed E-state index contributed by atoms with van der Waals surface area (Å²) in [7, 11) is 0. The van der Waals surface area contributed by atoms with Crippen LogP contribution in [0.25, 0.3) is 0 Å². The highest BCUT2D eigenvalue weighted by Crippen LogP contribution is 2.36. The Morgan fingerprint density at radius 3 is 2.23 bits per heavy atom. The highest BCUT2D eigenvalue weighted by molar-refractivity contribution is 8.00. The molecular formula is C23H20Cl2N2O2S. The van der Waals surface area contributed by atoms with Crippen LogP contribution in [0.4, 0.5) is 11.4 Å². The zero-order chi connectivity index (χ0) is 21.5. The third kappa shape index (κ3) is 6.26. The Bertz CT molecular complexity index is 1030. The molecule has 0 heterocycles. The summed E-state index contributed by atoms with van der Waals surface area (Å²) in [5.74, 6) is -0.154. The maximum atomic E-state index is 12.6. The molecule has 0 saturated carbocycles. The van der Waals surface area contributed by atoms with E-state index in [4.69, 9.17) is 23.2 Å². The lowest BCUT2D eigenvalue weighted by Gasteiger charge is -2.18. The van der Waals surface area contributed by atoms with E-state index in [0.29, 0.717) is 21.4 Å². The summed E-state index contributed by atoms with van der Waals surface area (Å²) in [6.45, 7) is 1.42. The van der Waals surface area contributed by atoms with Crippen molar-refractivity contribution in [2.24, 2.45) is 0 Å². The summed E-state index contributed by atoms with van der Waals surface area (Å²) in [4.78, 5) is 23.9. The number of anilines is 2. The molecule has 0 radical (unpaired) electrons. The van der Waals surface area contributed by atoms with Gasteiger partial charge in [-0.25, -0.2) is 0 Å². The summed E-state index contributed by atoms with van der Waals surface area (Å²) < 4.78 is 0. The molecule has 0 aliphatic carbocycles. The van der Waals surface area contributed by atoms with E-state index < -0.39 is 0 Å². The molecule has 4 nitrogen and oxygen atoms in total. The quantitative estimate of drug-likeness (QED) is 0.429. The van der Waals surface area contributed by atoms with Crippen LogP contribution in [0.3, 0.4) is 0 Å². The molecule has 1 unspecified atom stereocenters. The molecule has 3 rings (SSSR count). The number of rotatable bonds is 7. The van der Waals surface area contributed by atoms with Crippen LogP contribution in [0.2, 0.25) is 10.0 Å². The monoisotopic (exact) mass is 458 g/mol. The molecule has 0 saturated heterocycles. The fourth-order valence-corrected chi connectivity index (χ4v) is 4.28. The van der Waals surface area contributed by atoms with Gasteiger partial charge in [-0.1, -0.05) is 65.7 Å². The zero-order valence-corrected chi connectivity index (χ0v) is 18.5. The number of thioether (sulfide) groups is 1. The smallest absolute Gasteiger partial charge is 0.234 e. The lowest BCUT2D eigenvalue weighted by molar-refractivity contribution is -0.114. The third-order valence-corrected chi connectivity index (χ3v) is 6.11. The van der Waals surface area contributed by atoms with Crippen molar-refractivity contribution in [2.45, 2.75) is 12.2 Å². The van der Waals surface area contributed by atoms with Gasteiger partial charge in [-0.3, -0.25) is 9.59 Å². The Labute approximate surface area is 190 Å². The van der Waals surface area contributed by atoms with Crippen molar-refractivity contribution in [1.29, 1.82) is 0 Å². The minimum absolute atomic E-state index is 0.0181. The van der Waals surface area contributed by atoms with E-state index in [9.17, 15) is 9.59 Å². The molecule has 7 heteroatoms. The predicted molar refractivity (Wildman–Crippen MR) is 127 cm³/mol. The standard InChI is InChI=1S/C23H20Cl2N2O2S/c1-15(28)26-19-11-12-20(25)21(13-19)27-22(29)14-30-23(16-5-3-2-4-6-16)17-7-9-18(24)10-8-17/h2-13,23H,14H2,1H3,(H,26,28)(H,27,29). The number of hydrogen-bond donors (Lipinski definition) is 2. The van der Waals surface area contributed by atoms with E-state index in [1.807, 2.05) is 54.6 Å². The van der Waals surface area contributed by atoms with E-state index in [1.165, 1.54) is 18.7 Å². The van der Waals surface area contributed by atoms with Crippen molar-refractivity contribution in [2.75, 3.05) is 16.4 Å². The van der Waals surface area contributed by atoms with Gasteiger partial charge in [0.1, 0.15) is 0 Å². The van der Waals surface area contributed by atoms with Crippen molar-refractivity contribution < 1.29 is 9.59 Å². The first kappa shape index (κ1) is 22.2. The van der Waals surface area contributed by atoms with E-state index >= 15 is 0 Å². The number of halogens is 2. The molecule has 2 N–H and O–H groups in total. The van der Waals surface area contributed by atoms with E-state index in [1.54, 1.807) is 18.2 Å². The van der Waals surface area contributed by atoms with Crippen LogP contribution in [0.15, 0.2) is 72.8 Å². The van der Waals surface area contributed by atoms with Gasteiger partial charge in [-0.2, -0.15) is 0 Å². The van der Waals surface area contributed by atoms with Crippen molar-refractivity contribution in [3.63, 3.8) is 0 Å². The van der Waals surface area contributed by atoms with Gasteiger partial charge in [0.05, 0.1) is 21.7 Å². The van der Waals surface area contributed by atoms with Crippen LogP contribution in [-0.4, -0.2) is 17.6 Å². The Balaban J connectivity index is 1.72. The Morgan fingerprint density at radius 2 is 1.57 bits per heavy atom. The highest BCUT2D eigenvalue weighted by Gasteiger charge is 2.17. The highest BCUT2D eigenvalue weighted by atomic mass is 35.5. The fourth-order valence-electron chi connectivity index (χ4n) is 2.90. The van der Waals surface area contributed by atoms with Crippen LogP contribution >= 0.6 is 35.0 Å². The summed E-state index contributed by atoms with van der Waals surface area (Å²) in [5.41, 5.74) is 3.19. The van der Waals surface area contributed by atoms with Crippen molar-refractivity contribution in [3.8, 4) is 0 Å². The second kappa shape index (κ2) is 10.5. The van der Waals surface area contributed by atoms with E-state index in [0.717, 1.165) is 11.1 Å². The van der Waals surface area contributed by atoms with Gasteiger partial charge in [-0.15, -0.1) is 11.8 Å². The van der Waals surface area contributed by atoms with Gasteiger partial charge >= 0.3 is 0 Å². The van der Waals surface area contributed by atoms with Crippen LogP contribution in [0.1, 0.15) is 23.3 Å². The van der Waals surface area contributed by atoms with Crippen molar-refractivity contribution in [1.82, 2.24) is 0 Å². The van der Waals surface area contributed by atoms with Gasteiger partial charge in [0, 0.05) is 17.6 Å². The lowest BCUT2D eigenvalue weighted by atomic mass is 10.0. The van der Waals surface area contributed by atoms with Crippen LogP contribution in [0.5, 0.6) is 0 Å². The van der Waals surface area contributed by atoms with Gasteiger partial charge in [0.2, 0.25) is 11.8 Å². The van der Waals surface area contributed by atoms with Crippen LogP contribution in [-0.2, 0) is 9.59 Å². The Kier molecular flexibility index (Phi) is 7.80. The average molecular weight is 459 g/mol. The predicted octanol–water partition coefficient (Wildman–Crippen LogP) is 6.41. The Hall–Kier alpha value is -2.47. The molecule has 0 aliphatic rings. The SMILES string of the molecule is CC(=O)Nc1ccc(Cl)c(NC(=O)CSC(c2ccccc2)c2ccc(Cl)cc2)c1. The molecule has 3 aromatic carbocycles. The van der Waals surface area contributed by atoms with Gasteiger partial charge in [0.25, 0.3) is 0 Å². The minimum atomic E-state index is -0.196. The van der Waals surface area contributed by atoms with Gasteiger partial charge in [0.15, 0.2) is 0 Å². The number of carbonyl (C=O) groups excluding carboxylic acids is 2. The lowest BCUT2D eigenvalue weighted by Crippen LogP contribution is -2.16. The first-order valence-electron chi connectivity index (χ1n) is 9.21. The molecule has 0 fully saturated rings. The number of carbonyl (C=O) groups is 2. The molecule has 0 aliphatic heterocycles. The average Bonchev–Trinajstić information content (AvgIpc) is 2.72. The van der Waals surface area contributed by atoms with E-state index in [2.05, 4.69) is 10.6 Å². The maximum Gasteiger partial charge on any atom is 0.234 e. The zero-order valence-electron chi connectivity index (χ0n) is 16.2. The topological polar surface area (TPSA) is 58.2 Å². The number of amides is 2. The number of benzene rings is 3. The summed E-state index contributed by atoms with van der Waals surface area (Å²) in [5, 5.41) is 6.56. The normalized spacial score (nSPS) is 11.6. The molecule has 1 atom stereocenters. The summed E-state index contributed by atoms with van der Waals surface area (Å²) in [6.07, 6.45) is 0. The number of hydrogen-bond acceptors (Lipinski definition) is 3. The van der Waals surface area contributed by atoms with E-state index in [-0.39, 0.29) is 22.8 Å². The second-order valence-electron chi connectivity index (χ2n) is 6.58. The molecule has 30 heavy (non-hydrogen) atoms. The van der Waals surface area contributed by atoms with Gasteiger partial charge < -0.3 is 10.6 Å². The molecule has 3 aromatic rings.